The van der Waals surface area contributed by atoms with Crippen LogP contribution in [0.3, 0.4) is 0 Å². The summed E-state index contributed by atoms with van der Waals surface area (Å²) in [5.41, 5.74) is 1.99. The molecule has 4 heteroatoms. The quantitative estimate of drug-likeness (QED) is 0.781. The minimum atomic E-state index is -2.18. The van der Waals surface area contributed by atoms with Gasteiger partial charge < -0.3 is 8.86 Å². The highest BCUT2D eigenvalue weighted by atomic mass is 32.2. The number of rotatable bonds is 2. The summed E-state index contributed by atoms with van der Waals surface area (Å²) < 4.78 is 22.0. The van der Waals surface area contributed by atoms with E-state index in [0.29, 0.717) is 5.69 Å². The second-order valence-electron chi connectivity index (χ2n) is 3.70. The van der Waals surface area contributed by atoms with Crippen molar-refractivity contribution in [2.75, 3.05) is 11.4 Å². The van der Waals surface area contributed by atoms with Crippen LogP contribution >= 0.6 is 0 Å². The molecule has 0 amide bonds. The van der Waals surface area contributed by atoms with Crippen LogP contribution in [0.15, 0.2) is 60.7 Å². The minimum Gasteiger partial charge on any atom is -0.755 e. The second kappa shape index (κ2) is 7.63. The van der Waals surface area contributed by atoms with Crippen LogP contribution in [0.25, 0.3) is 0 Å². The molecule has 0 saturated heterocycles. The van der Waals surface area contributed by atoms with Crippen LogP contribution in [0.4, 0.5) is 5.69 Å². The molecule has 0 saturated carbocycles. The normalized spacial score (nSPS) is 11.1. The van der Waals surface area contributed by atoms with Crippen molar-refractivity contribution in [3.8, 4) is 0 Å². The number of nitrogens with zero attached hydrogens (tertiary/aromatic N) is 1. The van der Waals surface area contributed by atoms with Gasteiger partial charge in [0.15, 0.2) is 0 Å². The van der Waals surface area contributed by atoms with Gasteiger partial charge in [-0.1, -0.05) is 54.1 Å². The molecule has 0 N–H and O–H groups in total. The van der Waals surface area contributed by atoms with Gasteiger partial charge in [0.1, 0.15) is 0 Å². The molecule has 0 fully saturated rings. The summed E-state index contributed by atoms with van der Waals surface area (Å²) in [6.45, 7) is 2.08. The molecular weight excluding hydrogens is 246 g/mol. The predicted octanol–water partition coefficient (Wildman–Crippen LogP) is 2.91. The van der Waals surface area contributed by atoms with E-state index in [1.165, 1.54) is 16.9 Å². The van der Waals surface area contributed by atoms with Gasteiger partial charge in [0.2, 0.25) is 0 Å². The van der Waals surface area contributed by atoms with E-state index < -0.39 is 11.3 Å². The molecule has 0 radical (unpaired) electrons. The lowest BCUT2D eigenvalue weighted by Gasteiger charge is -2.20. The van der Waals surface area contributed by atoms with Crippen LogP contribution in [0.1, 0.15) is 5.56 Å². The summed E-state index contributed by atoms with van der Waals surface area (Å²) in [6.07, 6.45) is 0. The molecule has 1 atom stereocenters. The van der Waals surface area contributed by atoms with Crippen molar-refractivity contribution in [3.05, 3.63) is 66.2 Å². The zero-order valence-electron chi connectivity index (χ0n) is 10.4. The molecule has 0 heterocycles. The fraction of sp³-hybridized carbons (Fsp3) is 0.143. The first-order valence-electron chi connectivity index (χ1n) is 5.51. The highest BCUT2D eigenvalue weighted by Crippen LogP contribution is 2.11. The maximum atomic E-state index is 10.4. The summed E-state index contributed by atoms with van der Waals surface area (Å²) in [4.78, 5) is 0. The third kappa shape index (κ3) is 5.12. The molecule has 0 bridgehead atoms. The summed E-state index contributed by atoms with van der Waals surface area (Å²) in [5, 5.41) is 0. The highest BCUT2D eigenvalue weighted by molar-refractivity contribution is 7.80. The Labute approximate surface area is 110 Å². The van der Waals surface area contributed by atoms with Gasteiger partial charge in [-0.3, -0.25) is 4.21 Å². The average molecular weight is 262 g/mol. The Morgan fingerprint density at radius 2 is 1.39 bits per heavy atom. The Hall–Kier alpha value is -1.65. The standard InChI is InChI=1S/C7H9NO2S.C7H8/c1-8(11(9)10)7-5-3-2-4-6-7;1-7-5-3-2-4-6-7/h2-6H,1H3,(H,9,10);2-6H,1H3/p-1. The Kier molecular flexibility index (Phi) is 6.11. The van der Waals surface area contributed by atoms with E-state index in [-0.39, 0.29) is 0 Å². The smallest absolute Gasteiger partial charge is 0.0479 e. The maximum Gasteiger partial charge on any atom is 0.0479 e. The summed E-state index contributed by atoms with van der Waals surface area (Å²) >= 11 is -2.18. The molecule has 2 rings (SSSR count). The molecule has 0 aliphatic heterocycles. The zero-order valence-corrected chi connectivity index (χ0v) is 11.3. The van der Waals surface area contributed by atoms with Crippen molar-refractivity contribution in [2.24, 2.45) is 0 Å². The van der Waals surface area contributed by atoms with E-state index >= 15 is 0 Å². The van der Waals surface area contributed by atoms with Crippen LogP contribution < -0.4 is 4.31 Å². The summed E-state index contributed by atoms with van der Waals surface area (Å²) in [5.74, 6) is 0. The van der Waals surface area contributed by atoms with Crippen molar-refractivity contribution in [1.29, 1.82) is 0 Å². The van der Waals surface area contributed by atoms with Gasteiger partial charge in [0.25, 0.3) is 0 Å². The van der Waals surface area contributed by atoms with E-state index in [0.717, 1.165) is 0 Å². The van der Waals surface area contributed by atoms with Crippen LogP contribution in [0.5, 0.6) is 0 Å². The predicted molar refractivity (Wildman–Crippen MR) is 74.9 cm³/mol. The van der Waals surface area contributed by atoms with Crippen LogP contribution in [0, 0.1) is 6.92 Å². The van der Waals surface area contributed by atoms with Crippen molar-refractivity contribution < 1.29 is 8.76 Å². The van der Waals surface area contributed by atoms with Crippen molar-refractivity contribution in [1.82, 2.24) is 0 Å². The number of hydrogen-bond donors (Lipinski definition) is 0. The highest BCUT2D eigenvalue weighted by Gasteiger charge is 1.96. The van der Waals surface area contributed by atoms with Crippen molar-refractivity contribution >= 4 is 17.0 Å². The second-order valence-corrected chi connectivity index (χ2v) is 4.69. The van der Waals surface area contributed by atoms with Gasteiger partial charge in [0.05, 0.1) is 0 Å². The first kappa shape index (κ1) is 14.4. The molecule has 2 aromatic carbocycles. The van der Waals surface area contributed by atoms with E-state index in [2.05, 4.69) is 19.1 Å². The molecule has 0 aliphatic carbocycles. The molecule has 0 aliphatic rings. The molecule has 3 nitrogen and oxygen atoms in total. The fourth-order valence-electron chi connectivity index (χ4n) is 1.26. The monoisotopic (exact) mass is 262 g/mol. The van der Waals surface area contributed by atoms with Gasteiger partial charge >= 0.3 is 0 Å². The van der Waals surface area contributed by atoms with Crippen LogP contribution in [-0.2, 0) is 11.3 Å². The van der Waals surface area contributed by atoms with E-state index in [1.54, 1.807) is 24.3 Å². The SMILES string of the molecule is CN(c1ccccc1)S(=O)[O-].Cc1ccccc1. The van der Waals surface area contributed by atoms with Gasteiger partial charge in [-0.05, 0) is 19.1 Å². The van der Waals surface area contributed by atoms with Crippen molar-refractivity contribution in [3.63, 3.8) is 0 Å². The van der Waals surface area contributed by atoms with Gasteiger partial charge in [-0.25, -0.2) is 0 Å². The molecule has 0 spiro atoms. The van der Waals surface area contributed by atoms with Gasteiger partial charge in [-0.15, -0.1) is 0 Å². The Bertz CT molecular complexity index is 474. The topological polar surface area (TPSA) is 43.4 Å². The Morgan fingerprint density at radius 1 is 0.944 bits per heavy atom. The van der Waals surface area contributed by atoms with E-state index in [1.807, 2.05) is 24.3 Å². The van der Waals surface area contributed by atoms with Gasteiger partial charge in [0, 0.05) is 24.0 Å². The van der Waals surface area contributed by atoms with Crippen LogP contribution in [-0.4, -0.2) is 15.8 Å². The lowest BCUT2D eigenvalue weighted by molar-refractivity contribution is 0.535. The maximum absolute atomic E-state index is 10.4. The molecule has 18 heavy (non-hydrogen) atoms. The largest absolute Gasteiger partial charge is 0.755 e. The van der Waals surface area contributed by atoms with Crippen LogP contribution in [0.2, 0.25) is 0 Å². The number of benzene rings is 2. The average Bonchev–Trinajstić information content (AvgIpc) is 2.40. The molecule has 0 aromatic heterocycles. The fourth-order valence-corrected chi connectivity index (χ4v) is 1.55. The summed E-state index contributed by atoms with van der Waals surface area (Å²) in [6, 6.07) is 19.1. The first-order valence-corrected chi connectivity index (χ1v) is 6.54. The molecule has 2 aromatic rings. The molecule has 96 valence electrons. The van der Waals surface area contributed by atoms with E-state index in [9.17, 15) is 8.76 Å². The number of hydrogen-bond acceptors (Lipinski definition) is 2. The molecule has 1 unspecified atom stereocenters. The number of aryl methyl sites for hydroxylation is 1. The third-order valence-corrected chi connectivity index (χ3v) is 2.94. The summed E-state index contributed by atoms with van der Waals surface area (Å²) in [7, 11) is 1.50. The molecular formula is C14H16NO2S-. The Balaban J connectivity index is 0.000000199. The Morgan fingerprint density at radius 3 is 1.72 bits per heavy atom. The van der Waals surface area contributed by atoms with Crippen molar-refractivity contribution in [2.45, 2.75) is 6.92 Å². The number of para-hydroxylation sites is 1. The first-order chi connectivity index (χ1) is 8.61. The number of anilines is 1. The lowest BCUT2D eigenvalue weighted by atomic mass is 10.2. The third-order valence-electron chi connectivity index (χ3n) is 2.28. The lowest BCUT2D eigenvalue weighted by Crippen LogP contribution is -2.18. The van der Waals surface area contributed by atoms with E-state index in [4.69, 9.17) is 0 Å². The minimum absolute atomic E-state index is 0.667. The zero-order chi connectivity index (χ0) is 13.4. The van der Waals surface area contributed by atoms with Gasteiger partial charge in [-0.2, -0.15) is 0 Å².